The molecule has 1 aromatic heterocycles. The van der Waals surface area contributed by atoms with Gasteiger partial charge in [-0.05, 0) is 37.3 Å². The van der Waals surface area contributed by atoms with Gasteiger partial charge in [-0.15, -0.1) is 0 Å². The second-order valence-corrected chi connectivity index (χ2v) is 3.77. The number of nitrogens with one attached hydrogen (secondary N) is 1. The maximum atomic E-state index is 13.0. The molecule has 3 nitrogen and oxygen atoms in total. The van der Waals surface area contributed by atoms with Crippen molar-refractivity contribution in [2.45, 2.75) is 6.92 Å². The third-order valence-electron chi connectivity index (χ3n) is 2.34. The summed E-state index contributed by atoms with van der Waals surface area (Å²) in [5.41, 5.74) is 1.36. The van der Waals surface area contributed by atoms with Crippen molar-refractivity contribution in [3.63, 3.8) is 0 Å². The molecule has 0 saturated carbocycles. The third-order valence-corrected chi connectivity index (χ3v) is 2.34. The van der Waals surface area contributed by atoms with E-state index in [1.54, 1.807) is 25.3 Å². The molecule has 0 aliphatic heterocycles. The average molecular weight is 248 g/mol. The lowest BCUT2D eigenvalue weighted by molar-refractivity contribution is 0.102. The van der Waals surface area contributed by atoms with Gasteiger partial charge in [0, 0.05) is 23.1 Å². The molecule has 1 heterocycles. The zero-order chi connectivity index (χ0) is 13.1. The molecule has 1 amide bonds. The molecule has 0 atom stereocenters. The number of hydrogen-bond acceptors (Lipinski definition) is 2. The minimum atomic E-state index is -1.05. The molecular formula is C13H10F2N2O. The standard InChI is InChI=1S/C13H10F2N2O/c1-8-6-10(4-5-16-8)17-13(18)9-2-3-11(14)12(15)7-9/h2-7H,1H3,(H,16,17,18). The number of nitrogens with zero attached hydrogens (tertiary/aromatic N) is 1. The average Bonchev–Trinajstić information content (AvgIpc) is 2.32. The molecule has 2 aromatic rings. The highest BCUT2D eigenvalue weighted by Gasteiger charge is 2.09. The Balaban J connectivity index is 2.19. The monoisotopic (exact) mass is 248 g/mol. The predicted octanol–water partition coefficient (Wildman–Crippen LogP) is 2.92. The molecule has 0 aliphatic carbocycles. The van der Waals surface area contributed by atoms with Gasteiger partial charge in [-0.3, -0.25) is 9.78 Å². The summed E-state index contributed by atoms with van der Waals surface area (Å²) in [5.74, 6) is -2.53. The van der Waals surface area contributed by atoms with Crippen LogP contribution in [0.3, 0.4) is 0 Å². The molecular weight excluding hydrogens is 238 g/mol. The first kappa shape index (κ1) is 12.2. The summed E-state index contributed by atoms with van der Waals surface area (Å²) in [6, 6.07) is 6.30. The van der Waals surface area contributed by atoms with E-state index in [0.29, 0.717) is 5.69 Å². The quantitative estimate of drug-likeness (QED) is 0.887. The Morgan fingerprint density at radius 2 is 1.94 bits per heavy atom. The van der Waals surface area contributed by atoms with Crippen LogP contribution in [-0.2, 0) is 0 Å². The van der Waals surface area contributed by atoms with E-state index in [2.05, 4.69) is 10.3 Å². The molecule has 0 unspecified atom stereocenters. The summed E-state index contributed by atoms with van der Waals surface area (Å²) in [5, 5.41) is 2.58. The van der Waals surface area contributed by atoms with E-state index in [9.17, 15) is 13.6 Å². The van der Waals surface area contributed by atoms with Crippen LogP contribution in [0.25, 0.3) is 0 Å². The van der Waals surface area contributed by atoms with E-state index < -0.39 is 17.5 Å². The number of anilines is 1. The highest BCUT2D eigenvalue weighted by Crippen LogP contribution is 2.12. The molecule has 5 heteroatoms. The smallest absolute Gasteiger partial charge is 0.255 e. The molecule has 0 aliphatic rings. The van der Waals surface area contributed by atoms with E-state index >= 15 is 0 Å². The van der Waals surface area contributed by atoms with E-state index in [1.807, 2.05) is 0 Å². The molecule has 0 radical (unpaired) electrons. The van der Waals surface area contributed by atoms with Crippen LogP contribution in [0.4, 0.5) is 14.5 Å². The van der Waals surface area contributed by atoms with Crippen molar-refractivity contribution in [1.82, 2.24) is 4.98 Å². The number of halogens is 2. The lowest BCUT2D eigenvalue weighted by Crippen LogP contribution is -2.12. The molecule has 0 saturated heterocycles. The zero-order valence-corrected chi connectivity index (χ0v) is 9.58. The van der Waals surface area contributed by atoms with Crippen LogP contribution < -0.4 is 5.32 Å². The van der Waals surface area contributed by atoms with Gasteiger partial charge in [-0.1, -0.05) is 0 Å². The highest BCUT2D eigenvalue weighted by molar-refractivity contribution is 6.04. The molecule has 0 spiro atoms. The summed E-state index contributed by atoms with van der Waals surface area (Å²) in [6.07, 6.45) is 1.55. The van der Waals surface area contributed by atoms with Crippen molar-refractivity contribution >= 4 is 11.6 Å². The van der Waals surface area contributed by atoms with E-state index in [1.165, 1.54) is 6.07 Å². The summed E-state index contributed by atoms with van der Waals surface area (Å²) >= 11 is 0. The van der Waals surface area contributed by atoms with Gasteiger partial charge in [-0.2, -0.15) is 0 Å². The van der Waals surface area contributed by atoms with Crippen molar-refractivity contribution in [3.05, 3.63) is 59.4 Å². The first-order valence-corrected chi connectivity index (χ1v) is 5.25. The number of carbonyl (C=O) groups is 1. The van der Waals surface area contributed by atoms with Gasteiger partial charge in [0.1, 0.15) is 0 Å². The molecule has 0 fully saturated rings. The predicted molar refractivity (Wildman–Crippen MR) is 63.3 cm³/mol. The molecule has 0 bridgehead atoms. The van der Waals surface area contributed by atoms with Crippen LogP contribution in [0.15, 0.2) is 36.5 Å². The van der Waals surface area contributed by atoms with Crippen molar-refractivity contribution in [3.8, 4) is 0 Å². The van der Waals surface area contributed by atoms with Crippen LogP contribution in [0.5, 0.6) is 0 Å². The van der Waals surface area contributed by atoms with Gasteiger partial charge in [0.2, 0.25) is 0 Å². The maximum Gasteiger partial charge on any atom is 0.255 e. The Bertz CT molecular complexity index is 599. The fourth-order valence-electron chi connectivity index (χ4n) is 1.46. The van der Waals surface area contributed by atoms with Crippen molar-refractivity contribution in [1.29, 1.82) is 0 Å². The molecule has 1 N–H and O–H groups in total. The van der Waals surface area contributed by atoms with Gasteiger partial charge in [0.05, 0.1) is 0 Å². The minimum Gasteiger partial charge on any atom is -0.322 e. The third kappa shape index (κ3) is 2.68. The van der Waals surface area contributed by atoms with Crippen molar-refractivity contribution in [2.75, 3.05) is 5.32 Å². The van der Waals surface area contributed by atoms with E-state index in [0.717, 1.165) is 17.8 Å². The Morgan fingerprint density at radius 1 is 1.17 bits per heavy atom. The first-order chi connectivity index (χ1) is 8.56. The summed E-state index contributed by atoms with van der Waals surface area (Å²) in [6.45, 7) is 1.78. The molecule has 92 valence electrons. The number of pyridine rings is 1. The maximum absolute atomic E-state index is 13.0. The molecule has 1 aromatic carbocycles. The lowest BCUT2D eigenvalue weighted by atomic mass is 10.2. The fraction of sp³-hybridized carbons (Fsp3) is 0.0769. The topological polar surface area (TPSA) is 42.0 Å². The Labute approximate surface area is 102 Å². The number of hydrogen-bond donors (Lipinski definition) is 1. The molecule has 2 rings (SSSR count). The minimum absolute atomic E-state index is 0.0587. The second kappa shape index (κ2) is 4.91. The number of carbonyl (C=O) groups excluding carboxylic acids is 1. The summed E-state index contributed by atoms with van der Waals surface area (Å²) < 4.78 is 25.7. The van der Waals surface area contributed by atoms with Gasteiger partial charge in [0.15, 0.2) is 11.6 Å². The zero-order valence-electron chi connectivity index (χ0n) is 9.58. The SMILES string of the molecule is Cc1cc(NC(=O)c2ccc(F)c(F)c2)ccn1. The largest absolute Gasteiger partial charge is 0.322 e. The van der Waals surface area contributed by atoms with Gasteiger partial charge >= 0.3 is 0 Å². The van der Waals surface area contributed by atoms with Crippen LogP contribution in [0.1, 0.15) is 16.1 Å². The number of aryl methyl sites for hydroxylation is 1. The second-order valence-electron chi connectivity index (χ2n) is 3.77. The van der Waals surface area contributed by atoms with Crippen LogP contribution in [0, 0.1) is 18.6 Å². The van der Waals surface area contributed by atoms with Crippen molar-refractivity contribution < 1.29 is 13.6 Å². The summed E-state index contributed by atoms with van der Waals surface area (Å²) in [4.78, 5) is 15.8. The van der Waals surface area contributed by atoms with Crippen LogP contribution >= 0.6 is 0 Å². The van der Waals surface area contributed by atoms with Gasteiger partial charge < -0.3 is 5.32 Å². The first-order valence-electron chi connectivity index (χ1n) is 5.25. The highest BCUT2D eigenvalue weighted by atomic mass is 19.2. The number of amides is 1. The van der Waals surface area contributed by atoms with Gasteiger partial charge in [0.25, 0.3) is 5.91 Å². The van der Waals surface area contributed by atoms with Crippen molar-refractivity contribution in [2.24, 2.45) is 0 Å². The van der Waals surface area contributed by atoms with Crippen LogP contribution in [-0.4, -0.2) is 10.9 Å². The Hall–Kier alpha value is -2.30. The Morgan fingerprint density at radius 3 is 2.61 bits per heavy atom. The molecule has 18 heavy (non-hydrogen) atoms. The fourth-order valence-corrected chi connectivity index (χ4v) is 1.46. The van der Waals surface area contributed by atoms with E-state index in [-0.39, 0.29) is 5.56 Å². The number of aromatic nitrogens is 1. The van der Waals surface area contributed by atoms with Gasteiger partial charge in [-0.25, -0.2) is 8.78 Å². The van der Waals surface area contributed by atoms with E-state index in [4.69, 9.17) is 0 Å². The Kier molecular flexibility index (Phi) is 3.32. The number of benzene rings is 1. The lowest BCUT2D eigenvalue weighted by Gasteiger charge is -2.05. The summed E-state index contributed by atoms with van der Waals surface area (Å²) in [7, 11) is 0. The normalized spacial score (nSPS) is 10.2. The van der Waals surface area contributed by atoms with Crippen LogP contribution in [0.2, 0.25) is 0 Å². The number of rotatable bonds is 2.